The van der Waals surface area contributed by atoms with Gasteiger partial charge in [-0.25, -0.2) is 9.78 Å². The minimum absolute atomic E-state index is 0.191. The number of benzene rings is 1. The van der Waals surface area contributed by atoms with E-state index in [1.54, 1.807) is 5.38 Å². The van der Waals surface area contributed by atoms with Gasteiger partial charge in [0, 0.05) is 17.0 Å². The van der Waals surface area contributed by atoms with Gasteiger partial charge in [-0.05, 0) is 36.4 Å². The second-order valence-corrected chi connectivity index (χ2v) is 6.09. The summed E-state index contributed by atoms with van der Waals surface area (Å²) in [6.07, 6.45) is 1.38. The predicted octanol–water partition coefficient (Wildman–Crippen LogP) is 3.20. The fourth-order valence-electron chi connectivity index (χ4n) is 2.31. The third kappa shape index (κ3) is 3.55. The average molecular weight is 383 g/mol. The lowest BCUT2D eigenvalue weighted by molar-refractivity contribution is 0.0729. The lowest BCUT2D eigenvalue weighted by Gasteiger charge is -2.03. The monoisotopic (exact) mass is 383 g/mol. The Morgan fingerprint density at radius 1 is 1.26 bits per heavy atom. The highest BCUT2D eigenvalue weighted by Crippen LogP contribution is 2.30. The van der Waals surface area contributed by atoms with Gasteiger partial charge in [-0.1, -0.05) is 0 Å². The minimum atomic E-state index is -0.602. The molecular formula is C17H13N5O4S. The first-order chi connectivity index (χ1) is 13.2. The van der Waals surface area contributed by atoms with Gasteiger partial charge in [0.1, 0.15) is 10.8 Å². The zero-order valence-corrected chi connectivity index (χ0v) is 14.9. The number of aromatic nitrogens is 5. The molecule has 1 N–H and O–H groups in total. The van der Waals surface area contributed by atoms with Crippen molar-refractivity contribution in [3.05, 3.63) is 47.7 Å². The van der Waals surface area contributed by atoms with E-state index >= 15 is 0 Å². The van der Waals surface area contributed by atoms with Crippen molar-refractivity contribution in [3.63, 3.8) is 0 Å². The Hall–Kier alpha value is -3.53. The molecule has 3 aromatic heterocycles. The number of nitrogens with one attached hydrogen (secondary N) is 1. The molecule has 10 heteroatoms. The second-order valence-electron chi connectivity index (χ2n) is 5.23. The Morgan fingerprint density at radius 2 is 2.11 bits per heavy atom. The number of hydrogen-bond acceptors (Lipinski definition) is 9. The van der Waals surface area contributed by atoms with Crippen molar-refractivity contribution in [2.45, 2.75) is 6.92 Å². The topological polar surface area (TPSA) is 116 Å². The Labute approximate surface area is 157 Å². The summed E-state index contributed by atoms with van der Waals surface area (Å²) in [7, 11) is 0. The Bertz CT molecular complexity index is 1040. The van der Waals surface area contributed by atoms with Crippen LogP contribution in [-0.4, -0.2) is 38.2 Å². The number of carbonyl (C=O) groups excluding carboxylic acids is 1. The number of tetrazole rings is 1. The summed E-state index contributed by atoms with van der Waals surface area (Å²) in [5, 5.41) is 15.7. The first kappa shape index (κ1) is 16.9. The molecule has 0 saturated heterocycles. The number of aromatic amines is 1. The molecule has 0 bridgehead atoms. The van der Waals surface area contributed by atoms with Crippen LogP contribution >= 0.6 is 11.3 Å². The van der Waals surface area contributed by atoms with Crippen molar-refractivity contribution in [3.8, 4) is 33.7 Å². The first-order valence-electron chi connectivity index (χ1n) is 7.97. The van der Waals surface area contributed by atoms with Crippen LogP contribution in [0.4, 0.5) is 0 Å². The smallest absolute Gasteiger partial charge is 0.363 e. The van der Waals surface area contributed by atoms with Gasteiger partial charge in [0.15, 0.2) is 11.4 Å². The van der Waals surface area contributed by atoms with Crippen LogP contribution in [0.3, 0.4) is 0 Å². The van der Waals surface area contributed by atoms with Crippen LogP contribution in [0.1, 0.15) is 17.4 Å². The Balaban J connectivity index is 1.50. The van der Waals surface area contributed by atoms with Gasteiger partial charge < -0.3 is 13.9 Å². The van der Waals surface area contributed by atoms with Crippen LogP contribution in [0, 0.1) is 0 Å². The highest BCUT2D eigenvalue weighted by molar-refractivity contribution is 7.13. The molecule has 0 radical (unpaired) electrons. The lowest BCUT2D eigenvalue weighted by atomic mass is 10.2. The zero-order valence-electron chi connectivity index (χ0n) is 14.1. The minimum Gasteiger partial charge on any atom is -0.494 e. The first-order valence-corrected chi connectivity index (χ1v) is 8.85. The van der Waals surface area contributed by atoms with Crippen LogP contribution in [0.25, 0.3) is 22.2 Å². The third-order valence-corrected chi connectivity index (χ3v) is 4.40. The number of H-pyrrole nitrogens is 1. The van der Waals surface area contributed by atoms with E-state index in [0.29, 0.717) is 11.6 Å². The number of hydrogen-bond donors (Lipinski definition) is 1. The molecule has 4 aromatic rings. The van der Waals surface area contributed by atoms with E-state index < -0.39 is 5.97 Å². The maximum absolute atomic E-state index is 12.4. The van der Waals surface area contributed by atoms with Crippen molar-refractivity contribution in [1.29, 1.82) is 0 Å². The number of nitrogens with zero attached hydrogens (tertiary/aromatic N) is 4. The Kier molecular flexibility index (Phi) is 4.62. The molecule has 0 saturated carbocycles. The van der Waals surface area contributed by atoms with Crippen molar-refractivity contribution in [2.75, 3.05) is 6.61 Å². The molecule has 0 aliphatic carbocycles. The van der Waals surface area contributed by atoms with Gasteiger partial charge in [-0.2, -0.15) is 5.21 Å². The van der Waals surface area contributed by atoms with Gasteiger partial charge in [-0.3, -0.25) is 0 Å². The van der Waals surface area contributed by atoms with Gasteiger partial charge >= 0.3 is 5.97 Å². The number of furan rings is 1. The standard InChI is InChI=1S/C17H13N5O4S/c1-2-24-11-5-3-10(4-6-11)16-18-12(9-27-16)17(23)26-13-7-8-25-14(13)15-19-21-22-20-15/h3-9H,2H2,1H3,(H,19,20,21,22). The normalized spacial score (nSPS) is 10.7. The molecule has 0 unspecified atom stereocenters. The van der Waals surface area contributed by atoms with Crippen LogP contribution in [0.5, 0.6) is 11.5 Å². The van der Waals surface area contributed by atoms with Crippen LogP contribution in [-0.2, 0) is 0 Å². The number of esters is 1. The summed E-state index contributed by atoms with van der Waals surface area (Å²) in [4.78, 5) is 16.8. The summed E-state index contributed by atoms with van der Waals surface area (Å²) in [6.45, 7) is 2.53. The van der Waals surface area contributed by atoms with Gasteiger partial charge in [-0.15, -0.1) is 21.5 Å². The quantitative estimate of drug-likeness (QED) is 0.505. The highest BCUT2D eigenvalue weighted by Gasteiger charge is 2.20. The number of rotatable bonds is 6. The molecule has 0 fully saturated rings. The molecule has 1 aromatic carbocycles. The van der Waals surface area contributed by atoms with Crippen LogP contribution in [0.15, 0.2) is 46.4 Å². The molecule has 4 rings (SSSR count). The molecule has 27 heavy (non-hydrogen) atoms. The predicted molar refractivity (Wildman–Crippen MR) is 95.6 cm³/mol. The average Bonchev–Trinajstić information content (AvgIpc) is 3.43. The summed E-state index contributed by atoms with van der Waals surface area (Å²) < 4.78 is 16.0. The molecule has 0 spiro atoms. The highest BCUT2D eigenvalue weighted by atomic mass is 32.1. The van der Waals surface area contributed by atoms with E-state index in [2.05, 4.69) is 25.6 Å². The van der Waals surface area contributed by atoms with Gasteiger partial charge in [0.05, 0.1) is 12.9 Å². The zero-order chi connectivity index (χ0) is 18.6. The van der Waals surface area contributed by atoms with Gasteiger partial charge in [0.2, 0.25) is 11.6 Å². The SMILES string of the molecule is CCOc1ccc(-c2nc(C(=O)Oc3ccoc3-c3nn[nH]n3)cs2)cc1. The summed E-state index contributed by atoms with van der Waals surface area (Å²) in [5.41, 5.74) is 1.09. The lowest BCUT2D eigenvalue weighted by Crippen LogP contribution is -2.09. The second kappa shape index (κ2) is 7.38. The molecule has 136 valence electrons. The fourth-order valence-corrected chi connectivity index (χ4v) is 3.11. The maximum atomic E-state index is 12.4. The number of ether oxygens (including phenoxy) is 2. The molecular weight excluding hydrogens is 370 g/mol. The molecule has 9 nitrogen and oxygen atoms in total. The summed E-state index contributed by atoms with van der Waals surface area (Å²) in [6, 6.07) is 9.01. The van der Waals surface area contributed by atoms with Crippen LogP contribution < -0.4 is 9.47 Å². The van der Waals surface area contributed by atoms with Crippen molar-refractivity contribution in [1.82, 2.24) is 25.6 Å². The number of thiazole rings is 1. The molecule has 0 aliphatic heterocycles. The maximum Gasteiger partial charge on any atom is 0.363 e. The van der Waals surface area contributed by atoms with E-state index in [1.807, 2.05) is 31.2 Å². The third-order valence-electron chi connectivity index (χ3n) is 3.51. The Morgan fingerprint density at radius 3 is 2.85 bits per heavy atom. The van der Waals surface area contributed by atoms with Crippen molar-refractivity contribution in [2.24, 2.45) is 0 Å². The van der Waals surface area contributed by atoms with E-state index in [9.17, 15) is 4.79 Å². The molecule has 0 atom stereocenters. The molecule has 3 heterocycles. The molecule has 0 amide bonds. The summed E-state index contributed by atoms with van der Waals surface area (Å²) in [5.74, 6) is 0.771. The van der Waals surface area contributed by atoms with Crippen LogP contribution in [0.2, 0.25) is 0 Å². The van der Waals surface area contributed by atoms with Crippen molar-refractivity contribution >= 4 is 17.3 Å². The van der Waals surface area contributed by atoms with E-state index in [1.165, 1.54) is 23.7 Å². The fraction of sp³-hybridized carbons (Fsp3) is 0.118. The van der Waals surface area contributed by atoms with E-state index in [-0.39, 0.29) is 23.0 Å². The van der Waals surface area contributed by atoms with E-state index in [0.717, 1.165) is 11.3 Å². The summed E-state index contributed by atoms with van der Waals surface area (Å²) >= 11 is 1.35. The van der Waals surface area contributed by atoms with Crippen molar-refractivity contribution < 1.29 is 18.7 Å². The number of carbonyl (C=O) groups is 1. The van der Waals surface area contributed by atoms with E-state index in [4.69, 9.17) is 13.9 Å². The largest absolute Gasteiger partial charge is 0.494 e. The molecule has 0 aliphatic rings. The van der Waals surface area contributed by atoms with Gasteiger partial charge in [0.25, 0.3) is 0 Å².